The summed E-state index contributed by atoms with van der Waals surface area (Å²) in [4.78, 5) is 19.8. The van der Waals surface area contributed by atoms with E-state index in [-0.39, 0.29) is 18.6 Å². The second-order valence-electron chi connectivity index (χ2n) is 8.93. The maximum atomic E-state index is 13.0. The van der Waals surface area contributed by atoms with E-state index >= 15 is 0 Å². The molecule has 8 heteroatoms. The summed E-state index contributed by atoms with van der Waals surface area (Å²) in [6.45, 7) is 2.11. The third-order valence-electron chi connectivity index (χ3n) is 6.70. The van der Waals surface area contributed by atoms with Crippen molar-refractivity contribution in [1.29, 1.82) is 0 Å². The lowest BCUT2D eigenvalue weighted by atomic mass is 10.1. The van der Waals surface area contributed by atoms with Crippen LogP contribution >= 0.6 is 0 Å². The summed E-state index contributed by atoms with van der Waals surface area (Å²) < 4.78 is 24.3. The molecule has 0 saturated carbocycles. The van der Waals surface area contributed by atoms with Gasteiger partial charge in [0.15, 0.2) is 11.5 Å². The zero-order valence-electron chi connectivity index (χ0n) is 20.1. The van der Waals surface area contributed by atoms with Crippen molar-refractivity contribution in [3.8, 4) is 23.0 Å². The van der Waals surface area contributed by atoms with Crippen LogP contribution in [-0.2, 0) is 11.3 Å². The monoisotopic (exact) mass is 485 g/mol. The number of amides is 1. The van der Waals surface area contributed by atoms with Crippen LogP contribution in [0.25, 0.3) is 11.0 Å². The van der Waals surface area contributed by atoms with Gasteiger partial charge in [0.25, 0.3) is 0 Å². The van der Waals surface area contributed by atoms with Crippen LogP contribution in [0.15, 0.2) is 66.7 Å². The Morgan fingerprint density at radius 3 is 2.67 bits per heavy atom. The molecule has 0 N–H and O–H groups in total. The summed E-state index contributed by atoms with van der Waals surface area (Å²) in [5.74, 6) is 4.02. The maximum Gasteiger partial charge on any atom is 0.231 e. The molecule has 1 atom stereocenters. The van der Waals surface area contributed by atoms with Gasteiger partial charge in [-0.3, -0.25) is 4.79 Å². The Balaban J connectivity index is 1.19. The molecule has 1 amide bonds. The lowest BCUT2D eigenvalue weighted by molar-refractivity contribution is -0.117. The molecule has 36 heavy (non-hydrogen) atoms. The number of imidazole rings is 1. The average Bonchev–Trinajstić information content (AvgIpc) is 3.63. The largest absolute Gasteiger partial charge is 0.497 e. The number of para-hydroxylation sites is 2. The molecular formula is C28H27N3O5. The van der Waals surface area contributed by atoms with Gasteiger partial charge >= 0.3 is 0 Å². The first-order valence-corrected chi connectivity index (χ1v) is 12.1. The zero-order chi connectivity index (χ0) is 24.5. The lowest BCUT2D eigenvalue weighted by Crippen LogP contribution is -2.24. The first kappa shape index (κ1) is 22.3. The predicted molar refractivity (Wildman–Crippen MR) is 135 cm³/mol. The van der Waals surface area contributed by atoms with Crippen LogP contribution in [0.2, 0.25) is 0 Å². The van der Waals surface area contributed by atoms with Gasteiger partial charge in [-0.15, -0.1) is 0 Å². The minimum atomic E-state index is -0.00201. The molecule has 2 aliphatic rings. The van der Waals surface area contributed by atoms with E-state index in [1.807, 2.05) is 65.6 Å². The van der Waals surface area contributed by atoms with Crippen molar-refractivity contribution in [2.75, 3.05) is 32.0 Å². The predicted octanol–water partition coefficient (Wildman–Crippen LogP) is 4.76. The lowest BCUT2D eigenvalue weighted by Gasteiger charge is -2.18. The quantitative estimate of drug-likeness (QED) is 0.335. The zero-order valence-corrected chi connectivity index (χ0v) is 20.1. The maximum absolute atomic E-state index is 13.0. The number of nitrogens with zero attached hydrogens (tertiary/aromatic N) is 3. The van der Waals surface area contributed by atoms with Crippen molar-refractivity contribution >= 4 is 22.6 Å². The summed E-state index contributed by atoms with van der Waals surface area (Å²) in [7, 11) is 1.65. The first-order chi connectivity index (χ1) is 17.7. The van der Waals surface area contributed by atoms with E-state index in [4.69, 9.17) is 23.9 Å². The third kappa shape index (κ3) is 4.19. The summed E-state index contributed by atoms with van der Waals surface area (Å²) in [6, 6.07) is 21.4. The van der Waals surface area contributed by atoms with Crippen LogP contribution < -0.4 is 23.8 Å². The molecule has 0 aliphatic carbocycles. The highest BCUT2D eigenvalue weighted by molar-refractivity contribution is 5.97. The number of benzene rings is 3. The number of methoxy groups -OCH3 is 1. The highest BCUT2D eigenvalue weighted by atomic mass is 16.7. The van der Waals surface area contributed by atoms with Crippen molar-refractivity contribution < 1.29 is 23.7 Å². The van der Waals surface area contributed by atoms with Crippen molar-refractivity contribution in [1.82, 2.24) is 9.55 Å². The van der Waals surface area contributed by atoms with E-state index in [9.17, 15) is 4.79 Å². The number of hydrogen-bond acceptors (Lipinski definition) is 6. The van der Waals surface area contributed by atoms with Crippen LogP contribution in [-0.4, -0.2) is 42.5 Å². The molecule has 2 aliphatic heterocycles. The normalized spacial score (nSPS) is 16.6. The van der Waals surface area contributed by atoms with Gasteiger partial charge in [-0.1, -0.05) is 12.1 Å². The number of carbonyl (C=O) groups is 1. The van der Waals surface area contributed by atoms with Gasteiger partial charge in [-0.25, -0.2) is 4.98 Å². The Kier molecular flexibility index (Phi) is 5.85. The van der Waals surface area contributed by atoms with Gasteiger partial charge in [0, 0.05) is 37.2 Å². The summed E-state index contributed by atoms with van der Waals surface area (Å²) in [6.07, 6.45) is 1.23. The van der Waals surface area contributed by atoms with E-state index < -0.39 is 0 Å². The SMILES string of the molecule is COc1ccc(OCCCn2c(C3CC(=O)N(c4ccc5c(c4)OCO5)C3)nc3ccccc32)cc1. The summed E-state index contributed by atoms with van der Waals surface area (Å²) in [5, 5.41) is 0. The summed E-state index contributed by atoms with van der Waals surface area (Å²) in [5.41, 5.74) is 2.84. The highest BCUT2D eigenvalue weighted by Crippen LogP contribution is 2.39. The van der Waals surface area contributed by atoms with Gasteiger partial charge in [0.2, 0.25) is 12.7 Å². The number of aryl methyl sites for hydroxylation is 1. The molecular weight excluding hydrogens is 458 g/mol. The Morgan fingerprint density at radius 2 is 1.81 bits per heavy atom. The topological polar surface area (TPSA) is 75.1 Å². The molecule has 1 aromatic heterocycles. The number of carbonyl (C=O) groups excluding carboxylic acids is 1. The number of ether oxygens (including phenoxy) is 4. The van der Waals surface area contributed by atoms with Crippen molar-refractivity contribution in [2.24, 2.45) is 0 Å². The Bertz CT molecular complexity index is 1400. The molecule has 0 bridgehead atoms. The average molecular weight is 486 g/mol. The third-order valence-corrected chi connectivity index (χ3v) is 6.70. The van der Waals surface area contributed by atoms with E-state index in [0.717, 1.165) is 47.0 Å². The fourth-order valence-corrected chi connectivity index (χ4v) is 4.91. The van der Waals surface area contributed by atoms with Crippen LogP contribution in [0.1, 0.15) is 24.6 Å². The molecule has 3 heterocycles. The van der Waals surface area contributed by atoms with Crippen LogP contribution in [0, 0.1) is 0 Å². The van der Waals surface area contributed by atoms with Crippen molar-refractivity contribution in [2.45, 2.75) is 25.3 Å². The van der Waals surface area contributed by atoms with E-state index in [2.05, 4.69) is 10.6 Å². The number of anilines is 1. The number of hydrogen-bond donors (Lipinski definition) is 0. The van der Waals surface area contributed by atoms with Crippen LogP contribution in [0.3, 0.4) is 0 Å². The second kappa shape index (κ2) is 9.45. The van der Waals surface area contributed by atoms with Crippen LogP contribution in [0.5, 0.6) is 23.0 Å². The minimum absolute atomic E-state index is 0.00201. The van der Waals surface area contributed by atoms with E-state index in [0.29, 0.717) is 31.1 Å². The molecule has 184 valence electrons. The van der Waals surface area contributed by atoms with Gasteiger partial charge in [-0.2, -0.15) is 0 Å². The fraction of sp³-hybridized carbons (Fsp3) is 0.286. The standard InChI is InChI=1S/C28H27N3O5/c1-33-21-8-10-22(11-9-21)34-14-4-13-30-24-6-3-2-5-23(24)29-28(30)19-15-27(32)31(17-19)20-7-12-25-26(16-20)36-18-35-25/h2-3,5-12,16,19H,4,13-15,17-18H2,1H3. The molecule has 1 unspecified atom stereocenters. The first-order valence-electron chi connectivity index (χ1n) is 12.1. The van der Waals surface area contributed by atoms with E-state index in [1.54, 1.807) is 7.11 Å². The molecule has 4 aromatic rings. The van der Waals surface area contributed by atoms with Crippen molar-refractivity contribution in [3.05, 3.63) is 72.6 Å². The Morgan fingerprint density at radius 1 is 1.00 bits per heavy atom. The highest BCUT2D eigenvalue weighted by Gasteiger charge is 2.35. The Hall–Kier alpha value is -4.20. The van der Waals surface area contributed by atoms with Gasteiger partial charge < -0.3 is 28.4 Å². The van der Waals surface area contributed by atoms with E-state index in [1.165, 1.54) is 0 Å². The second-order valence-corrected chi connectivity index (χ2v) is 8.93. The minimum Gasteiger partial charge on any atom is -0.497 e. The molecule has 8 nitrogen and oxygen atoms in total. The number of fused-ring (bicyclic) bond motifs is 2. The van der Waals surface area contributed by atoms with Gasteiger partial charge in [0.05, 0.1) is 24.8 Å². The molecule has 0 radical (unpaired) electrons. The summed E-state index contributed by atoms with van der Waals surface area (Å²) >= 11 is 0. The molecule has 0 spiro atoms. The molecule has 1 saturated heterocycles. The molecule has 3 aromatic carbocycles. The molecule has 6 rings (SSSR count). The van der Waals surface area contributed by atoms with Crippen LogP contribution in [0.4, 0.5) is 5.69 Å². The van der Waals surface area contributed by atoms with Gasteiger partial charge in [-0.05, 0) is 55.0 Å². The molecule has 1 fully saturated rings. The van der Waals surface area contributed by atoms with Crippen molar-refractivity contribution in [3.63, 3.8) is 0 Å². The fourth-order valence-electron chi connectivity index (χ4n) is 4.91. The number of rotatable bonds is 8. The number of aromatic nitrogens is 2. The van der Waals surface area contributed by atoms with Gasteiger partial charge in [0.1, 0.15) is 17.3 Å². The smallest absolute Gasteiger partial charge is 0.231 e. The Labute approximate surface area is 209 Å².